The van der Waals surface area contributed by atoms with Crippen molar-refractivity contribution < 1.29 is 9.90 Å². The van der Waals surface area contributed by atoms with Crippen LogP contribution in [0.25, 0.3) is 5.69 Å². The smallest absolute Gasteiger partial charge is 0.256 e. The SMILES string of the molecule is CCCc1c(CNc2ccc(N3N=C(C)C(CCO)C3=O)cc2)cnn1-c1ccccc1. The summed E-state index contributed by atoms with van der Waals surface area (Å²) in [4.78, 5) is 12.6. The number of aliphatic hydroxyl groups excluding tert-OH is 1. The van der Waals surface area contributed by atoms with Gasteiger partial charge in [-0.05, 0) is 56.2 Å². The molecule has 1 aliphatic heterocycles. The summed E-state index contributed by atoms with van der Waals surface area (Å²) in [5.41, 5.74) is 5.88. The molecule has 0 saturated heterocycles. The molecule has 0 saturated carbocycles. The summed E-state index contributed by atoms with van der Waals surface area (Å²) in [5.74, 6) is -0.425. The number of hydrogen-bond acceptors (Lipinski definition) is 5. The van der Waals surface area contributed by atoms with Crippen molar-refractivity contribution in [1.29, 1.82) is 0 Å². The number of carbonyl (C=O) groups excluding carboxylic acids is 1. The predicted octanol–water partition coefficient (Wildman–Crippen LogP) is 4.16. The van der Waals surface area contributed by atoms with Gasteiger partial charge in [0.2, 0.25) is 0 Å². The summed E-state index contributed by atoms with van der Waals surface area (Å²) in [6, 6.07) is 17.9. The molecule has 1 amide bonds. The third-order valence-electron chi connectivity index (χ3n) is 5.72. The van der Waals surface area contributed by atoms with Crippen LogP contribution in [0, 0.1) is 5.92 Å². The molecule has 7 nitrogen and oxygen atoms in total. The molecule has 166 valence electrons. The number of amides is 1. The van der Waals surface area contributed by atoms with Gasteiger partial charge in [0.05, 0.1) is 23.5 Å². The van der Waals surface area contributed by atoms with Crippen LogP contribution in [0.1, 0.15) is 37.9 Å². The normalized spacial score (nSPS) is 15.8. The van der Waals surface area contributed by atoms with Crippen LogP contribution in [-0.2, 0) is 17.8 Å². The maximum absolute atomic E-state index is 12.6. The second-order valence-corrected chi connectivity index (χ2v) is 7.97. The van der Waals surface area contributed by atoms with Crippen molar-refractivity contribution in [2.24, 2.45) is 11.0 Å². The average Bonchev–Trinajstić information content (AvgIpc) is 3.35. The summed E-state index contributed by atoms with van der Waals surface area (Å²) in [6.07, 6.45) is 4.33. The highest BCUT2D eigenvalue weighted by atomic mass is 16.3. The van der Waals surface area contributed by atoms with Crippen molar-refractivity contribution in [2.45, 2.75) is 39.7 Å². The Morgan fingerprint density at radius 2 is 1.81 bits per heavy atom. The summed E-state index contributed by atoms with van der Waals surface area (Å²) in [6.45, 7) is 4.64. The molecular weight excluding hydrogens is 402 g/mol. The first-order valence-electron chi connectivity index (χ1n) is 11.1. The molecule has 7 heteroatoms. The van der Waals surface area contributed by atoms with Crippen molar-refractivity contribution in [3.05, 3.63) is 72.1 Å². The number of hydrogen-bond donors (Lipinski definition) is 2. The zero-order valence-electron chi connectivity index (χ0n) is 18.5. The molecule has 0 radical (unpaired) electrons. The van der Waals surface area contributed by atoms with Gasteiger partial charge in [0.1, 0.15) is 0 Å². The topological polar surface area (TPSA) is 82.8 Å². The van der Waals surface area contributed by atoms with Crippen molar-refractivity contribution >= 4 is 23.0 Å². The van der Waals surface area contributed by atoms with Gasteiger partial charge in [-0.1, -0.05) is 31.5 Å². The number of anilines is 2. The summed E-state index contributed by atoms with van der Waals surface area (Å²) in [7, 11) is 0. The Balaban J connectivity index is 1.45. The van der Waals surface area contributed by atoms with Gasteiger partial charge in [-0.3, -0.25) is 4.79 Å². The Hall–Kier alpha value is -3.45. The van der Waals surface area contributed by atoms with Gasteiger partial charge in [0, 0.05) is 35.8 Å². The molecule has 1 unspecified atom stereocenters. The third kappa shape index (κ3) is 4.43. The molecule has 4 rings (SSSR count). The lowest BCUT2D eigenvalue weighted by atomic mass is 10.0. The molecule has 1 aliphatic rings. The van der Waals surface area contributed by atoms with Gasteiger partial charge in [0.25, 0.3) is 5.91 Å². The quantitative estimate of drug-likeness (QED) is 0.533. The van der Waals surface area contributed by atoms with Crippen molar-refractivity contribution in [3.63, 3.8) is 0 Å². The number of benzene rings is 2. The van der Waals surface area contributed by atoms with Crippen LogP contribution in [-0.4, -0.2) is 33.1 Å². The zero-order chi connectivity index (χ0) is 22.5. The summed E-state index contributed by atoms with van der Waals surface area (Å²) >= 11 is 0. The molecule has 32 heavy (non-hydrogen) atoms. The monoisotopic (exact) mass is 431 g/mol. The van der Waals surface area contributed by atoms with E-state index in [1.807, 2.05) is 60.3 Å². The van der Waals surface area contributed by atoms with Crippen LogP contribution in [0.15, 0.2) is 65.9 Å². The van der Waals surface area contributed by atoms with Gasteiger partial charge < -0.3 is 10.4 Å². The van der Waals surface area contributed by atoms with Crippen LogP contribution in [0.4, 0.5) is 11.4 Å². The van der Waals surface area contributed by atoms with E-state index in [4.69, 9.17) is 0 Å². The van der Waals surface area contributed by atoms with E-state index in [2.05, 4.69) is 34.6 Å². The minimum atomic E-state index is -0.337. The molecule has 2 N–H and O–H groups in total. The van der Waals surface area contributed by atoms with Crippen LogP contribution < -0.4 is 10.3 Å². The van der Waals surface area contributed by atoms with Gasteiger partial charge in [-0.2, -0.15) is 10.2 Å². The van der Waals surface area contributed by atoms with Crippen molar-refractivity contribution in [2.75, 3.05) is 16.9 Å². The first-order chi connectivity index (χ1) is 15.6. The van der Waals surface area contributed by atoms with E-state index in [-0.39, 0.29) is 18.4 Å². The van der Waals surface area contributed by atoms with Gasteiger partial charge in [-0.15, -0.1) is 0 Å². The predicted molar refractivity (Wildman–Crippen MR) is 127 cm³/mol. The third-order valence-corrected chi connectivity index (χ3v) is 5.72. The van der Waals surface area contributed by atoms with E-state index >= 15 is 0 Å². The van der Waals surface area contributed by atoms with E-state index in [0.717, 1.165) is 35.6 Å². The number of nitrogens with one attached hydrogen (secondary N) is 1. The van der Waals surface area contributed by atoms with Gasteiger partial charge in [0.15, 0.2) is 0 Å². The van der Waals surface area contributed by atoms with Crippen LogP contribution in [0.2, 0.25) is 0 Å². The molecule has 0 spiro atoms. The summed E-state index contributed by atoms with van der Waals surface area (Å²) in [5, 5.41) is 23.1. The fraction of sp³-hybridized carbons (Fsp3) is 0.320. The number of carbonyl (C=O) groups is 1. The molecule has 2 aromatic carbocycles. The molecule has 0 bridgehead atoms. The first-order valence-corrected chi connectivity index (χ1v) is 11.1. The number of nitrogens with zero attached hydrogens (tertiary/aromatic N) is 4. The maximum Gasteiger partial charge on any atom is 0.256 e. The van der Waals surface area contributed by atoms with E-state index < -0.39 is 0 Å². The lowest BCUT2D eigenvalue weighted by Gasteiger charge is -2.15. The van der Waals surface area contributed by atoms with Crippen molar-refractivity contribution in [3.8, 4) is 5.69 Å². The molecule has 1 aromatic heterocycles. The van der Waals surface area contributed by atoms with Crippen LogP contribution >= 0.6 is 0 Å². The Morgan fingerprint density at radius 1 is 1.06 bits per heavy atom. The highest BCUT2D eigenvalue weighted by molar-refractivity contribution is 6.14. The highest BCUT2D eigenvalue weighted by Gasteiger charge is 2.33. The number of aliphatic hydroxyl groups is 1. The van der Waals surface area contributed by atoms with E-state index in [1.165, 1.54) is 16.3 Å². The lowest BCUT2D eigenvalue weighted by Crippen LogP contribution is -2.27. The Bertz CT molecular complexity index is 1090. The van der Waals surface area contributed by atoms with E-state index in [0.29, 0.717) is 13.0 Å². The fourth-order valence-electron chi connectivity index (χ4n) is 4.02. The molecule has 0 aliphatic carbocycles. The number of para-hydroxylation sites is 1. The van der Waals surface area contributed by atoms with Crippen LogP contribution in [0.3, 0.4) is 0 Å². The standard InChI is InChI=1S/C25H29N5O2/c1-3-7-24-19(17-27-29(24)21-8-5-4-6-9-21)16-26-20-10-12-22(13-11-20)30-25(32)23(14-15-31)18(2)28-30/h4-6,8-13,17,23,26,31H,3,7,14-16H2,1-2H3. The zero-order valence-corrected chi connectivity index (χ0v) is 18.5. The second-order valence-electron chi connectivity index (χ2n) is 7.97. The molecule has 1 atom stereocenters. The Labute approximate surface area is 188 Å². The van der Waals surface area contributed by atoms with Crippen LogP contribution in [0.5, 0.6) is 0 Å². The number of rotatable bonds is 9. The Morgan fingerprint density at radius 3 is 2.50 bits per heavy atom. The average molecular weight is 432 g/mol. The lowest BCUT2D eigenvalue weighted by molar-refractivity contribution is -0.120. The van der Waals surface area contributed by atoms with E-state index in [1.54, 1.807) is 0 Å². The first kappa shape index (κ1) is 21.8. The highest BCUT2D eigenvalue weighted by Crippen LogP contribution is 2.27. The molecular formula is C25H29N5O2. The van der Waals surface area contributed by atoms with E-state index in [9.17, 15) is 9.90 Å². The number of hydrazone groups is 1. The van der Waals surface area contributed by atoms with Gasteiger partial charge in [-0.25, -0.2) is 9.69 Å². The Kier molecular flexibility index (Phi) is 6.66. The second kappa shape index (κ2) is 9.78. The van der Waals surface area contributed by atoms with Gasteiger partial charge >= 0.3 is 0 Å². The molecule has 0 fully saturated rings. The largest absolute Gasteiger partial charge is 0.396 e. The molecule has 3 aromatic rings. The van der Waals surface area contributed by atoms with Crippen molar-refractivity contribution in [1.82, 2.24) is 9.78 Å². The minimum absolute atomic E-state index is 0.0269. The molecule has 2 heterocycles. The fourth-order valence-corrected chi connectivity index (χ4v) is 4.02. The summed E-state index contributed by atoms with van der Waals surface area (Å²) < 4.78 is 2.02. The maximum atomic E-state index is 12.6. The minimum Gasteiger partial charge on any atom is -0.396 e. The number of aromatic nitrogens is 2.